The molecular formula is C30H26N2O5. The zero-order valence-corrected chi connectivity index (χ0v) is 20.6. The summed E-state index contributed by atoms with van der Waals surface area (Å²) >= 11 is 0. The zero-order chi connectivity index (χ0) is 26.0. The van der Waals surface area contributed by atoms with E-state index in [0.717, 1.165) is 40.3 Å². The van der Waals surface area contributed by atoms with Crippen LogP contribution >= 0.6 is 0 Å². The lowest BCUT2D eigenvalue weighted by atomic mass is 9.94. The molecule has 7 heteroatoms. The number of fused-ring (bicyclic) bond motifs is 1. The van der Waals surface area contributed by atoms with E-state index in [4.69, 9.17) is 9.26 Å². The average molecular weight is 495 g/mol. The van der Waals surface area contributed by atoms with Gasteiger partial charge in [-0.25, -0.2) is 4.79 Å². The van der Waals surface area contributed by atoms with Gasteiger partial charge >= 0.3 is 12.1 Å². The number of amides is 1. The Labute approximate surface area is 214 Å². The first-order valence-electron chi connectivity index (χ1n) is 12.1. The van der Waals surface area contributed by atoms with Crippen molar-refractivity contribution < 1.29 is 24.0 Å². The number of aromatic nitrogens is 1. The number of nitrogens with one attached hydrogen (secondary N) is 1. The third kappa shape index (κ3) is 5.34. The van der Waals surface area contributed by atoms with Crippen LogP contribution in [0.2, 0.25) is 0 Å². The number of rotatable bonds is 6. The second kappa shape index (κ2) is 9.82. The molecule has 1 atom stereocenters. The average Bonchev–Trinajstić information content (AvgIpc) is 3.61. The highest BCUT2D eigenvalue weighted by molar-refractivity contribution is 5.87. The number of hydrogen-bond acceptors (Lipinski definition) is 5. The van der Waals surface area contributed by atoms with Crippen molar-refractivity contribution in [2.75, 3.05) is 5.32 Å². The number of aryl methyl sites for hydroxylation is 1. The monoisotopic (exact) mass is 494 g/mol. The van der Waals surface area contributed by atoms with Gasteiger partial charge in [0.05, 0.1) is 5.41 Å². The van der Waals surface area contributed by atoms with Crippen LogP contribution in [0.25, 0.3) is 10.8 Å². The molecule has 186 valence electrons. The molecule has 1 saturated carbocycles. The fourth-order valence-corrected chi connectivity index (χ4v) is 4.31. The molecule has 1 amide bonds. The maximum atomic E-state index is 12.5. The molecule has 1 fully saturated rings. The minimum absolute atomic E-state index is 0.237. The summed E-state index contributed by atoms with van der Waals surface area (Å²) in [7, 11) is 0. The maximum absolute atomic E-state index is 12.5. The predicted octanol–water partition coefficient (Wildman–Crippen LogP) is 6.25. The van der Waals surface area contributed by atoms with Crippen molar-refractivity contribution in [2.45, 2.75) is 39.2 Å². The van der Waals surface area contributed by atoms with Crippen LogP contribution < -0.4 is 5.32 Å². The molecule has 1 aliphatic carbocycles. The summed E-state index contributed by atoms with van der Waals surface area (Å²) in [5.74, 6) is 5.55. The van der Waals surface area contributed by atoms with E-state index in [-0.39, 0.29) is 5.76 Å². The number of anilines is 1. The number of carbonyl (C=O) groups excluding carboxylic acids is 1. The highest BCUT2D eigenvalue weighted by Crippen LogP contribution is 2.48. The van der Waals surface area contributed by atoms with Crippen molar-refractivity contribution in [2.24, 2.45) is 5.41 Å². The van der Waals surface area contributed by atoms with Crippen molar-refractivity contribution in [3.8, 4) is 11.8 Å². The maximum Gasteiger partial charge on any atom is 0.412 e. The molecule has 2 N–H and O–H groups in total. The summed E-state index contributed by atoms with van der Waals surface area (Å²) in [5, 5.41) is 18.1. The Kier molecular flexibility index (Phi) is 6.41. The number of aliphatic carboxylic acids is 1. The molecule has 1 aromatic heterocycles. The van der Waals surface area contributed by atoms with Crippen molar-refractivity contribution >= 4 is 28.5 Å². The fraction of sp³-hybridized carbons (Fsp3) is 0.233. The van der Waals surface area contributed by atoms with E-state index in [9.17, 15) is 14.7 Å². The van der Waals surface area contributed by atoms with E-state index >= 15 is 0 Å². The van der Waals surface area contributed by atoms with E-state index in [1.54, 1.807) is 13.8 Å². The summed E-state index contributed by atoms with van der Waals surface area (Å²) in [6.45, 7) is 3.52. The van der Waals surface area contributed by atoms with Gasteiger partial charge in [-0.2, -0.15) is 0 Å². The third-order valence-electron chi connectivity index (χ3n) is 6.72. The highest BCUT2D eigenvalue weighted by atomic mass is 16.6. The van der Waals surface area contributed by atoms with Gasteiger partial charge in [-0.15, -0.1) is 0 Å². The predicted molar refractivity (Wildman–Crippen MR) is 139 cm³/mol. The van der Waals surface area contributed by atoms with Gasteiger partial charge < -0.3 is 14.4 Å². The van der Waals surface area contributed by atoms with Gasteiger partial charge in [0.1, 0.15) is 17.5 Å². The molecule has 1 aliphatic rings. The summed E-state index contributed by atoms with van der Waals surface area (Å²) in [4.78, 5) is 24.0. The molecule has 1 heterocycles. The summed E-state index contributed by atoms with van der Waals surface area (Å²) in [5.41, 5.74) is 2.95. The number of carbonyl (C=O) groups is 2. The van der Waals surface area contributed by atoms with Gasteiger partial charge in [-0.1, -0.05) is 65.7 Å². The molecule has 5 rings (SSSR count). The molecule has 37 heavy (non-hydrogen) atoms. The van der Waals surface area contributed by atoms with Crippen LogP contribution in [0.1, 0.15) is 54.0 Å². The van der Waals surface area contributed by atoms with Gasteiger partial charge in [0.25, 0.3) is 0 Å². The van der Waals surface area contributed by atoms with Crippen molar-refractivity contribution in [3.05, 3.63) is 94.9 Å². The van der Waals surface area contributed by atoms with Gasteiger partial charge in [0.2, 0.25) is 5.76 Å². The number of nitrogens with zero attached hydrogens (tertiary/aromatic N) is 1. The highest BCUT2D eigenvalue weighted by Gasteiger charge is 2.49. The van der Waals surface area contributed by atoms with Gasteiger partial charge in [0.15, 0.2) is 0 Å². The molecule has 0 aliphatic heterocycles. The Bertz CT molecular complexity index is 1540. The molecule has 0 radical (unpaired) electrons. The van der Waals surface area contributed by atoms with Crippen molar-refractivity contribution in [1.82, 2.24) is 5.16 Å². The van der Waals surface area contributed by atoms with E-state index in [1.165, 1.54) is 0 Å². The van der Waals surface area contributed by atoms with Crippen LogP contribution in [0, 0.1) is 24.2 Å². The summed E-state index contributed by atoms with van der Waals surface area (Å²) in [6.07, 6.45) is 0.969. The SMILES string of the molecule is Cc1noc(C#Cc2ccc3cc(CC4(C(=O)O)CC4)ccc3c2)c1NC(=O)OC(C)c1ccccc1. The van der Waals surface area contributed by atoms with Crippen LogP contribution in [-0.2, 0) is 16.0 Å². The lowest BCUT2D eigenvalue weighted by Crippen LogP contribution is -2.17. The molecule has 0 spiro atoms. The Morgan fingerprint density at radius 1 is 1.08 bits per heavy atom. The van der Waals surface area contributed by atoms with E-state index in [2.05, 4.69) is 22.3 Å². The van der Waals surface area contributed by atoms with E-state index < -0.39 is 23.6 Å². The van der Waals surface area contributed by atoms with Gasteiger partial charge in [-0.05, 0) is 73.1 Å². The quantitative estimate of drug-likeness (QED) is 0.307. The standard InChI is InChI=1S/C30H26N2O5/c1-19-27(31-29(35)36-20(2)23-6-4-3-5-7-23)26(37-32-19)13-10-21-8-11-25-17-22(9-12-24(25)16-21)18-30(14-15-30)28(33)34/h3-9,11-12,16-17,20H,14-15,18H2,1-2H3,(H,31,35)(H,33,34). The number of ether oxygens (including phenoxy) is 1. The van der Waals surface area contributed by atoms with Crippen LogP contribution in [0.5, 0.6) is 0 Å². The minimum atomic E-state index is -0.714. The first-order chi connectivity index (χ1) is 17.8. The Morgan fingerprint density at radius 3 is 2.54 bits per heavy atom. The van der Waals surface area contributed by atoms with Crippen molar-refractivity contribution in [1.29, 1.82) is 0 Å². The second-order valence-electron chi connectivity index (χ2n) is 9.46. The molecule has 4 aromatic rings. The molecule has 3 aromatic carbocycles. The lowest BCUT2D eigenvalue weighted by molar-refractivity contribution is -0.143. The number of carboxylic acids is 1. The normalized spacial score (nSPS) is 14.3. The number of carboxylic acid groups (broad SMARTS) is 1. The molecular weight excluding hydrogens is 468 g/mol. The summed E-state index contributed by atoms with van der Waals surface area (Å²) < 4.78 is 10.8. The van der Waals surface area contributed by atoms with Crippen molar-refractivity contribution in [3.63, 3.8) is 0 Å². The minimum Gasteiger partial charge on any atom is -0.481 e. The Morgan fingerprint density at radius 2 is 1.81 bits per heavy atom. The van der Waals surface area contributed by atoms with Crippen LogP contribution in [0.4, 0.5) is 10.5 Å². The van der Waals surface area contributed by atoms with Crippen LogP contribution in [-0.4, -0.2) is 22.3 Å². The summed E-state index contributed by atoms with van der Waals surface area (Å²) in [6, 6.07) is 21.3. The zero-order valence-electron chi connectivity index (χ0n) is 20.6. The first-order valence-corrected chi connectivity index (χ1v) is 12.1. The smallest absolute Gasteiger partial charge is 0.412 e. The fourth-order valence-electron chi connectivity index (χ4n) is 4.31. The van der Waals surface area contributed by atoms with E-state index in [1.807, 2.05) is 66.7 Å². The second-order valence-corrected chi connectivity index (χ2v) is 9.46. The topological polar surface area (TPSA) is 102 Å². The lowest BCUT2D eigenvalue weighted by Gasteiger charge is -2.13. The first kappa shape index (κ1) is 24.1. The number of benzene rings is 3. The van der Waals surface area contributed by atoms with Crippen LogP contribution in [0.3, 0.4) is 0 Å². The molecule has 1 unspecified atom stereocenters. The largest absolute Gasteiger partial charge is 0.481 e. The number of hydrogen-bond donors (Lipinski definition) is 2. The van der Waals surface area contributed by atoms with Gasteiger partial charge in [0, 0.05) is 5.56 Å². The Hall–Kier alpha value is -4.57. The van der Waals surface area contributed by atoms with Crippen LogP contribution in [0.15, 0.2) is 71.3 Å². The van der Waals surface area contributed by atoms with E-state index in [0.29, 0.717) is 17.8 Å². The van der Waals surface area contributed by atoms with Gasteiger partial charge in [-0.3, -0.25) is 10.1 Å². The third-order valence-corrected chi connectivity index (χ3v) is 6.72. The molecule has 7 nitrogen and oxygen atoms in total. The molecule has 0 saturated heterocycles. The Balaban J connectivity index is 1.29. The molecule has 0 bridgehead atoms.